The van der Waals surface area contributed by atoms with Gasteiger partial charge in [-0.15, -0.1) is 0 Å². The van der Waals surface area contributed by atoms with Gasteiger partial charge in [-0.3, -0.25) is 4.90 Å². The Hall–Kier alpha value is -2.06. The monoisotopic (exact) mass is 346 g/mol. The Morgan fingerprint density at radius 1 is 1.20 bits per heavy atom. The van der Waals surface area contributed by atoms with E-state index in [1.165, 1.54) is 0 Å². The maximum atomic E-state index is 5.49. The Morgan fingerprint density at radius 3 is 2.64 bits per heavy atom. The van der Waals surface area contributed by atoms with Crippen molar-refractivity contribution in [2.24, 2.45) is 0 Å². The van der Waals surface area contributed by atoms with Gasteiger partial charge in [0, 0.05) is 44.7 Å². The van der Waals surface area contributed by atoms with Crippen molar-refractivity contribution >= 4 is 5.95 Å². The van der Waals surface area contributed by atoms with Gasteiger partial charge in [0.05, 0.1) is 6.54 Å². The molecule has 1 fully saturated rings. The maximum Gasteiger partial charge on any atom is 0.240 e. The molecule has 8 heteroatoms. The van der Waals surface area contributed by atoms with Gasteiger partial charge in [-0.25, -0.2) is 9.97 Å². The summed E-state index contributed by atoms with van der Waals surface area (Å²) in [7, 11) is 0. The summed E-state index contributed by atoms with van der Waals surface area (Å²) in [5.74, 6) is 2.06. The number of hydrogen-bond acceptors (Lipinski definition) is 8. The molecular formula is C17H26N6O2. The molecule has 3 heterocycles. The topological polar surface area (TPSA) is 80.4 Å². The van der Waals surface area contributed by atoms with Gasteiger partial charge in [0.1, 0.15) is 6.10 Å². The quantitative estimate of drug-likeness (QED) is 0.784. The fourth-order valence-corrected chi connectivity index (χ4v) is 2.79. The molecule has 1 aliphatic rings. The molecule has 0 aromatic carbocycles. The molecule has 0 radical (unpaired) electrons. The van der Waals surface area contributed by atoms with Gasteiger partial charge in [-0.05, 0) is 33.3 Å². The first-order valence-corrected chi connectivity index (χ1v) is 8.78. The first kappa shape index (κ1) is 17.8. The van der Waals surface area contributed by atoms with Crippen molar-refractivity contribution in [3.63, 3.8) is 0 Å². The molecule has 2 aromatic rings. The predicted octanol–water partition coefficient (Wildman–Crippen LogP) is 1.90. The van der Waals surface area contributed by atoms with Crippen LogP contribution in [0.3, 0.4) is 0 Å². The molecule has 3 rings (SSSR count). The second-order valence-electron chi connectivity index (χ2n) is 6.35. The van der Waals surface area contributed by atoms with E-state index >= 15 is 0 Å². The highest BCUT2D eigenvalue weighted by Crippen LogP contribution is 2.16. The fraction of sp³-hybridized carbons (Fsp3) is 0.647. The molecule has 0 bridgehead atoms. The summed E-state index contributed by atoms with van der Waals surface area (Å²) < 4.78 is 10.8. The number of anilines is 1. The first-order valence-electron chi connectivity index (χ1n) is 8.78. The molecule has 2 aromatic heterocycles. The standard InChI is InChI=1S/C17H26N6O2/c1-5-24-14(4)16-20-15(25-21-16)11-22-6-8-23(9-7-22)17-18-10-12(2)13(3)19-17/h10,14H,5-9,11H2,1-4H3/t14-/m0/s1. The smallest absolute Gasteiger partial charge is 0.240 e. The number of ether oxygens (including phenoxy) is 1. The van der Waals surface area contributed by atoms with Gasteiger partial charge >= 0.3 is 0 Å². The third-order valence-corrected chi connectivity index (χ3v) is 4.49. The van der Waals surface area contributed by atoms with Crippen molar-refractivity contribution in [3.8, 4) is 0 Å². The second kappa shape index (κ2) is 7.88. The number of aryl methyl sites for hydroxylation is 2. The molecule has 1 atom stereocenters. The highest BCUT2D eigenvalue weighted by Gasteiger charge is 2.22. The molecule has 0 saturated carbocycles. The minimum atomic E-state index is -0.138. The summed E-state index contributed by atoms with van der Waals surface area (Å²) in [4.78, 5) is 18.0. The fourth-order valence-electron chi connectivity index (χ4n) is 2.79. The van der Waals surface area contributed by atoms with Crippen molar-refractivity contribution in [1.29, 1.82) is 0 Å². The molecule has 136 valence electrons. The summed E-state index contributed by atoms with van der Waals surface area (Å²) in [5.41, 5.74) is 2.16. The minimum absolute atomic E-state index is 0.138. The summed E-state index contributed by atoms with van der Waals surface area (Å²) >= 11 is 0. The summed E-state index contributed by atoms with van der Waals surface area (Å²) in [6, 6.07) is 0. The normalized spacial score (nSPS) is 17.0. The Labute approximate surface area is 148 Å². The van der Waals surface area contributed by atoms with Crippen molar-refractivity contribution in [2.45, 2.75) is 40.3 Å². The average Bonchev–Trinajstić information content (AvgIpc) is 3.07. The van der Waals surface area contributed by atoms with Gasteiger partial charge in [0.25, 0.3) is 0 Å². The molecule has 0 unspecified atom stereocenters. The number of piperazine rings is 1. The van der Waals surface area contributed by atoms with Gasteiger partial charge in [-0.1, -0.05) is 5.16 Å². The van der Waals surface area contributed by atoms with E-state index in [2.05, 4.69) is 29.9 Å². The van der Waals surface area contributed by atoms with E-state index in [1.54, 1.807) is 0 Å². The molecule has 1 saturated heterocycles. The van der Waals surface area contributed by atoms with Crippen LogP contribution >= 0.6 is 0 Å². The predicted molar refractivity (Wildman–Crippen MR) is 93.3 cm³/mol. The van der Waals surface area contributed by atoms with Gasteiger partial charge in [0.15, 0.2) is 5.82 Å². The summed E-state index contributed by atoms with van der Waals surface area (Å²) in [6.07, 6.45) is 1.75. The van der Waals surface area contributed by atoms with E-state index in [1.807, 2.05) is 33.9 Å². The number of hydrogen-bond donors (Lipinski definition) is 0. The van der Waals surface area contributed by atoms with Crippen LogP contribution in [0, 0.1) is 13.8 Å². The molecule has 1 aliphatic heterocycles. The molecule has 0 spiro atoms. The molecule has 0 amide bonds. The first-order chi connectivity index (χ1) is 12.1. The van der Waals surface area contributed by atoms with Crippen LogP contribution in [-0.4, -0.2) is 57.8 Å². The van der Waals surface area contributed by atoms with Crippen molar-refractivity contribution in [1.82, 2.24) is 25.0 Å². The largest absolute Gasteiger partial charge is 0.371 e. The van der Waals surface area contributed by atoms with Crippen LogP contribution in [0.2, 0.25) is 0 Å². The lowest BCUT2D eigenvalue weighted by molar-refractivity contribution is 0.0683. The van der Waals surface area contributed by atoms with E-state index in [0.29, 0.717) is 24.9 Å². The van der Waals surface area contributed by atoms with Crippen LogP contribution in [-0.2, 0) is 11.3 Å². The third-order valence-electron chi connectivity index (χ3n) is 4.49. The van der Waals surface area contributed by atoms with E-state index in [-0.39, 0.29) is 6.10 Å². The molecule has 8 nitrogen and oxygen atoms in total. The van der Waals surface area contributed by atoms with Gasteiger partial charge < -0.3 is 14.2 Å². The third kappa shape index (κ3) is 4.32. The Kier molecular flexibility index (Phi) is 5.60. The Morgan fingerprint density at radius 2 is 1.96 bits per heavy atom. The lowest BCUT2D eigenvalue weighted by Gasteiger charge is -2.34. The minimum Gasteiger partial charge on any atom is -0.371 e. The molecular weight excluding hydrogens is 320 g/mol. The number of aromatic nitrogens is 4. The van der Waals surface area contributed by atoms with Crippen molar-refractivity contribution in [3.05, 3.63) is 29.2 Å². The van der Waals surface area contributed by atoms with Crippen LogP contribution in [0.15, 0.2) is 10.7 Å². The molecule has 0 aliphatic carbocycles. The highest BCUT2D eigenvalue weighted by atomic mass is 16.5. The zero-order valence-electron chi connectivity index (χ0n) is 15.4. The molecule has 0 N–H and O–H groups in total. The van der Waals surface area contributed by atoms with Crippen LogP contribution < -0.4 is 4.90 Å². The second-order valence-corrected chi connectivity index (χ2v) is 6.35. The van der Waals surface area contributed by atoms with Gasteiger partial charge in [0.2, 0.25) is 11.8 Å². The maximum absolute atomic E-state index is 5.49. The molecule has 25 heavy (non-hydrogen) atoms. The van der Waals surface area contributed by atoms with E-state index in [4.69, 9.17) is 9.26 Å². The number of nitrogens with zero attached hydrogens (tertiary/aromatic N) is 6. The Bertz CT molecular complexity index is 696. The van der Waals surface area contributed by atoms with E-state index < -0.39 is 0 Å². The average molecular weight is 346 g/mol. The van der Waals surface area contributed by atoms with Crippen LogP contribution in [0.1, 0.15) is 42.9 Å². The zero-order valence-corrected chi connectivity index (χ0v) is 15.4. The highest BCUT2D eigenvalue weighted by molar-refractivity contribution is 5.33. The van der Waals surface area contributed by atoms with Gasteiger partial charge in [-0.2, -0.15) is 4.98 Å². The summed E-state index contributed by atoms with van der Waals surface area (Å²) in [6.45, 7) is 12.8. The van der Waals surface area contributed by atoms with Crippen LogP contribution in [0.4, 0.5) is 5.95 Å². The lowest BCUT2D eigenvalue weighted by Crippen LogP contribution is -2.46. The van der Waals surface area contributed by atoms with Crippen molar-refractivity contribution < 1.29 is 9.26 Å². The van der Waals surface area contributed by atoms with E-state index in [0.717, 1.165) is 43.4 Å². The van der Waals surface area contributed by atoms with E-state index in [9.17, 15) is 0 Å². The summed E-state index contributed by atoms with van der Waals surface area (Å²) in [5, 5.41) is 4.01. The van der Waals surface area contributed by atoms with Crippen molar-refractivity contribution in [2.75, 3.05) is 37.7 Å². The lowest BCUT2D eigenvalue weighted by atomic mass is 10.3. The van der Waals surface area contributed by atoms with Crippen LogP contribution in [0.25, 0.3) is 0 Å². The Balaban J connectivity index is 1.53. The number of rotatable bonds is 6. The zero-order chi connectivity index (χ0) is 17.8. The van der Waals surface area contributed by atoms with Crippen LogP contribution in [0.5, 0.6) is 0 Å². The SMILES string of the molecule is CCO[C@@H](C)c1noc(CN2CCN(c3ncc(C)c(C)n3)CC2)n1.